The average molecular weight is 312 g/mol. The van der Waals surface area contributed by atoms with Gasteiger partial charge in [0.05, 0.1) is 17.4 Å². The fourth-order valence-electron chi connectivity index (χ4n) is 2.71. The van der Waals surface area contributed by atoms with E-state index in [9.17, 15) is 9.90 Å². The van der Waals surface area contributed by atoms with Gasteiger partial charge in [-0.05, 0) is 13.3 Å². The number of carbonyl (C=O) groups is 1. The number of aliphatic hydroxyl groups is 1. The molecule has 1 aromatic carbocycles. The molecule has 3 rings (SSSR count). The van der Waals surface area contributed by atoms with Crippen LogP contribution in [0, 0.1) is 6.92 Å². The molecule has 2 atom stereocenters. The van der Waals surface area contributed by atoms with Gasteiger partial charge in [-0.25, -0.2) is 9.97 Å². The van der Waals surface area contributed by atoms with Crippen molar-refractivity contribution in [1.82, 2.24) is 14.9 Å². The zero-order chi connectivity index (χ0) is 16.4. The Labute approximate surface area is 135 Å². The minimum Gasteiger partial charge on any atom is -0.390 e. The molecule has 6 nitrogen and oxygen atoms in total. The SMILES string of the molecule is Cc1nc(-c2ccccc2)ncc1C(=O)N1CC[C@@H](N)[C@H](O)C1. The van der Waals surface area contributed by atoms with Gasteiger partial charge in [0.15, 0.2) is 5.82 Å². The molecule has 2 aromatic rings. The summed E-state index contributed by atoms with van der Waals surface area (Å²) in [5.74, 6) is 0.438. The first-order chi connectivity index (χ1) is 11.1. The number of nitrogens with two attached hydrogens (primary N) is 1. The Morgan fingerprint density at radius 3 is 2.74 bits per heavy atom. The Balaban J connectivity index is 1.82. The van der Waals surface area contributed by atoms with Gasteiger partial charge in [0.25, 0.3) is 5.91 Å². The number of aromatic nitrogens is 2. The van der Waals surface area contributed by atoms with Crippen molar-refractivity contribution in [2.45, 2.75) is 25.5 Å². The number of likely N-dealkylation sites (tertiary alicyclic amines) is 1. The fraction of sp³-hybridized carbons (Fsp3) is 0.353. The number of amides is 1. The molecule has 2 heterocycles. The highest BCUT2D eigenvalue weighted by atomic mass is 16.3. The number of piperidine rings is 1. The van der Waals surface area contributed by atoms with Crippen molar-refractivity contribution in [2.24, 2.45) is 5.73 Å². The second-order valence-electron chi connectivity index (χ2n) is 5.83. The van der Waals surface area contributed by atoms with E-state index in [4.69, 9.17) is 5.73 Å². The van der Waals surface area contributed by atoms with Crippen LogP contribution in [0.5, 0.6) is 0 Å². The van der Waals surface area contributed by atoms with Crippen molar-refractivity contribution in [3.8, 4) is 11.4 Å². The lowest BCUT2D eigenvalue weighted by atomic mass is 10.0. The monoisotopic (exact) mass is 312 g/mol. The molecule has 120 valence electrons. The predicted molar refractivity (Wildman–Crippen MR) is 86.7 cm³/mol. The van der Waals surface area contributed by atoms with Crippen molar-refractivity contribution in [2.75, 3.05) is 13.1 Å². The number of rotatable bonds is 2. The lowest BCUT2D eigenvalue weighted by Crippen LogP contribution is -2.52. The van der Waals surface area contributed by atoms with Crippen LogP contribution in [0.4, 0.5) is 0 Å². The minimum atomic E-state index is -0.683. The van der Waals surface area contributed by atoms with E-state index in [1.807, 2.05) is 30.3 Å². The third-order valence-electron chi connectivity index (χ3n) is 4.16. The zero-order valence-electron chi connectivity index (χ0n) is 13.0. The lowest BCUT2D eigenvalue weighted by Gasteiger charge is -2.34. The normalized spacial score (nSPS) is 21.3. The molecule has 1 aromatic heterocycles. The van der Waals surface area contributed by atoms with Crippen LogP contribution in [0.2, 0.25) is 0 Å². The highest BCUT2D eigenvalue weighted by Crippen LogP contribution is 2.18. The van der Waals surface area contributed by atoms with E-state index in [1.54, 1.807) is 18.0 Å². The Bertz CT molecular complexity index is 705. The van der Waals surface area contributed by atoms with E-state index in [0.29, 0.717) is 30.0 Å². The largest absolute Gasteiger partial charge is 0.390 e. The van der Waals surface area contributed by atoms with Crippen LogP contribution in [-0.4, -0.2) is 51.1 Å². The first-order valence-electron chi connectivity index (χ1n) is 7.68. The molecule has 1 fully saturated rings. The maximum atomic E-state index is 12.6. The van der Waals surface area contributed by atoms with Crippen molar-refractivity contribution >= 4 is 5.91 Å². The van der Waals surface area contributed by atoms with E-state index in [0.717, 1.165) is 5.56 Å². The zero-order valence-corrected chi connectivity index (χ0v) is 13.0. The Morgan fingerprint density at radius 2 is 2.09 bits per heavy atom. The molecular formula is C17H20N4O2. The number of benzene rings is 1. The maximum absolute atomic E-state index is 12.6. The molecule has 0 aliphatic carbocycles. The van der Waals surface area contributed by atoms with Crippen LogP contribution in [0.25, 0.3) is 11.4 Å². The molecule has 23 heavy (non-hydrogen) atoms. The molecule has 1 aliphatic rings. The Morgan fingerprint density at radius 1 is 1.35 bits per heavy atom. The Hall–Kier alpha value is -2.31. The molecule has 1 aliphatic heterocycles. The summed E-state index contributed by atoms with van der Waals surface area (Å²) in [6, 6.07) is 9.37. The molecule has 3 N–H and O–H groups in total. The number of hydrogen-bond donors (Lipinski definition) is 2. The standard InChI is InChI=1S/C17H20N4O2/c1-11-13(17(23)21-8-7-14(18)15(22)10-21)9-19-16(20-11)12-5-3-2-4-6-12/h2-6,9,14-15,22H,7-8,10,18H2,1H3/t14-,15-/m1/s1. The molecule has 1 saturated heterocycles. The number of aryl methyl sites for hydroxylation is 1. The van der Waals surface area contributed by atoms with Crippen LogP contribution >= 0.6 is 0 Å². The molecular weight excluding hydrogens is 292 g/mol. The number of aliphatic hydroxyl groups excluding tert-OH is 1. The molecule has 0 unspecified atom stereocenters. The van der Waals surface area contributed by atoms with E-state index >= 15 is 0 Å². The highest BCUT2D eigenvalue weighted by Gasteiger charge is 2.29. The highest BCUT2D eigenvalue weighted by molar-refractivity contribution is 5.95. The number of hydrogen-bond acceptors (Lipinski definition) is 5. The maximum Gasteiger partial charge on any atom is 0.257 e. The van der Waals surface area contributed by atoms with E-state index in [-0.39, 0.29) is 18.5 Å². The summed E-state index contributed by atoms with van der Waals surface area (Å²) in [4.78, 5) is 23.0. The van der Waals surface area contributed by atoms with Gasteiger partial charge in [0.1, 0.15) is 0 Å². The molecule has 1 amide bonds. The van der Waals surface area contributed by atoms with Crippen LogP contribution < -0.4 is 5.73 Å². The van der Waals surface area contributed by atoms with Gasteiger partial charge in [-0.3, -0.25) is 4.79 Å². The summed E-state index contributed by atoms with van der Waals surface area (Å²) in [7, 11) is 0. The molecule has 0 bridgehead atoms. The smallest absolute Gasteiger partial charge is 0.257 e. The molecule has 0 spiro atoms. The van der Waals surface area contributed by atoms with Gasteiger partial charge in [0.2, 0.25) is 0 Å². The van der Waals surface area contributed by atoms with Gasteiger partial charge in [-0.2, -0.15) is 0 Å². The van der Waals surface area contributed by atoms with Gasteiger partial charge in [-0.15, -0.1) is 0 Å². The summed E-state index contributed by atoms with van der Waals surface area (Å²) < 4.78 is 0. The third kappa shape index (κ3) is 3.23. The number of β-amino-alcohol motifs (C(OH)–C–C–N with tert-alkyl or cyclic N) is 1. The first-order valence-corrected chi connectivity index (χ1v) is 7.68. The van der Waals surface area contributed by atoms with Crippen molar-refractivity contribution in [1.29, 1.82) is 0 Å². The minimum absolute atomic E-state index is 0.159. The van der Waals surface area contributed by atoms with Crippen LogP contribution in [-0.2, 0) is 0 Å². The van der Waals surface area contributed by atoms with Gasteiger partial charge < -0.3 is 15.7 Å². The molecule has 0 saturated carbocycles. The number of nitrogens with zero attached hydrogens (tertiary/aromatic N) is 3. The van der Waals surface area contributed by atoms with Gasteiger partial charge in [-0.1, -0.05) is 30.3 Å². The Kier molecular flexibility index (Phi) is 4.36. The second-order valence-corrected chi connectivity index (χ2v) is 5.83. The van der Waals surface area contributed by atoms with Gasteiger partial charge in [0, 0.05) is 30.9 Å². The molecule has 6 heteroatoms. The van der Waals surface area contributed by atoms with Crippen molar-refractivity contribution in [3.05, 3.63) is 47.8 Å². The lowest BCUT2D eigenvalue weighted by molar-refractivity contribution is 0.0394. The summed E-state index contributed by atoms with van der Waals surface area (Å²) in [5, 5.41) is 9.86. The van der Waals surface area contributed by atoms with Crippen molar-refractivity contribution in [3.63, 3.8) is 0 Å². The van der Waals surface area contributed by atoms with Crippen LogP contribution in [0.15, 0.2) is 36.5 Å². The first kappa shape index (κ1) is 15.6. The van der Waals surface area contributed by atoms with Crippen LogP contribution in [0.3, 0.4) is 0 Å². The van der Waals surface area contributed by atoms with Gasteiger partial charge >= 0.3 is 0 Å². The molecule has 0 radical (unpaired) electrons. The van der Waals surface area contributed by atoms with E-state index in [2.05, 4.69) is 9.97 Å². The predicted octanol–water partition coefficient (Wildman–Crippen LogP) is 0.986. The second kappa shape index (κ2) is 6.44. The topological polar surface area (TPSA) is 92.3 Å². The summed E-state index contributed by atoms with van der Waals surface area (Å²) in [6.07, 6.45) is 1.47. The summed E-state index contributed by atoms with van der Waals surface area (Å²) in [5.41, 5.74) is 7.79. The van der Waals surface area contributed by atoms with E-state index in [1.165, 1.54) is 0 Å². The number of carbonyl (C=O) groups excluding carboxylic acids is 1. The average Bonchev–Trinajstić information content (AvgIpc) is 2.57. The van der Waals surface area contributed by atoms with Crippen LogP contribution in [0.1, 0.15) is 22.5 Å². The summed E-state index contributed by atoms with van der Waals surface area (Å²) >= 11 is 0. The van der Waals surface area contributed by atoms with Crippen molar-refractivity contribution < 1.29 is 9.90 Å². The van der Waals surface area contributed by atoms with E-state index < -0.39 is 6.10 Å². The fourth-order valence-corrected chi connectivity index (χ4v) is 2.71. The quantitative estimate of drug-likeness (QED) is 0.862. The summed E-state index contributed by atoms with van der Waals surface area (Å²) in [6.45, 7) is 2.59. The third-order valence-corrected chi connectivity index (χ3v) is 4.16.